The van der Waals surface area contributed by atoms with E-state index in [1.807, 2.05) is 40.8 Å². The van der Waals surface area contributed by atoms with Crippen LogP contribution in [0.3, 0.4) is 0 Å². The van der Waals surface area contributed by atoms with Gasteiger partial charge in [0.25, 0.3) is 0 Å². The third kappa shape index (κ3) is 4.31. The summed E-state index contributed by atoms with van der Waals surface area (Å²) in [5.74, 6) is -1.34. The van der Waals surface area contributed by atoms with Crippen molar-refractivity contribution in [1.82, 2.24) is 9.38 Å². The molecule has 8 heteroatoms. The molecule has 0 spiro atoms. The molecular weight excluding hydrogens is 438 g/mol. The van der Waals surface area contributed by atoms with Gasteiger partial charge in [0.05, 0.1) is 28.7 Å². The van der Waals surface area contributed by atoms with E-state index in [2.05, 4.69) is 11.1 Å². The van der Waals surface area contributed by atoms with E-state index in [1.54, 1.807) is 37.3 Å². The number of para-hydroxylation sites is 2. The number of carboxylic acids is 1. The fraction of sp³-hybridized carbons (Fsp3) is 0.120. The molecule has 0 bridgehead atoms. The summed E-state index contributed by atoms with van der Waals surface area (Å²) >= 11 is 1.19. The van der Waals surface area contributed by atoms with Crippen molar-refractivity contribution in [1.29, 1.82) is 5.26 Å². The van der Waals surface area contributed by atoms with Crippen molar-refractivity contribution in [3.05, 3.63) is 76.9 Å². The summed E-state index contributed by atoms with van der Waals surface area (Å²) in [5, 5.41) is 19.4. The molecule has 2 aromatic carbocycles. The van der Waals surface area contributed by atoms with E-state index in [0.717, 1.165) is 16.6 Å². The third-order valence-electron chi connectivity index (χ3n) is 5.12. The Morgan fingerprint density at radius 2 is 1.91 bits per heavy atom. The molecule has 0 saturated carbocycles. The lowest BCUT2D eigenvalue weighted by Gasteiger charge is -2.12. The van der Waals surface area contributed by atoms with Gasteiger partial charge < -0.3 is 9.84 Å². The fourth-order valence-electron chi connectivity index (χ4n) is 3.41. The highest BCUT2D eigenvalue weighted by molar-refractivity contribution is 8.00. The minimum atomic E-state index is -0.926. The van der Waals surface area contributed by atoms with E-state index in [4.69, 9.17) is 4.74 Å². The molecule has 4 rings (SSSR count). The molecule has 4 aromatic rings. The minimum absolute atomic E-state index is 0.390. The van der Waals surface area contributed by atoms with Crippen molar-refractivity contribution in [3.8, 4) is 6.07 Å². The first-order chi connectivity index (χ1) is 15.9. The summed E-state index contributed by atoms with van der Waals surface area (Å²) < 4.78 is 6.55. The number of fused-ring (bicyclic) bond motifs is 3. The molecule has 33 heavy (non-hydrogen) atoms. The van der Waals surface area contributed by atoms with Gasteiger partial charge in [0, 0.05) is 0 Å². The maximum absolute atomic E-state index is 11.6. The number of aliphatic carboxylic acids is 1. The van der Waals surface area contributed by atoms with Gasteiger partial charge in [-0.2, -0.15) is 5.26 Å². The number of hydrogen-bond donors (Lipinski definition) is 1. The highest BCUT2D eigenvalue weighted by Crippen LogP contribution is 2.32. The lowest BCUT2D eigenvalue weighted by molar-refractivity contribution is -0.136. The highest BCUT2D eigenvalue weighted by atomic mass is 32.2. The Bertz CT molecular complexity index is 1450. The van der Waals surface area contributed by atoms with Gasteiger partial charge in [-0.3, -0.25) is 9.20 Å². The van der Waals surface area contributed by atoms with Crippen LogP contribution in [0.25, 0.3) is 28.8 Å². The number of hydrogen-bond acceptors (Lipinski definition) is 6. The zero-order valence-electron chi connectivity index (χ0n) is 17.9. The van der Waals surface area contributed by atoms with Crippen molar-refractivity contribution < 1.29 is 19.4 Å². The van der Waals surface area contributed by atoms with Gasteiger partial charge in [-0.1, -0.05) is 48.2 Å². The Labute approximate surface area is 193 Å². The van der Waals surface area contributed by atoms with E-state index in [0.29, 0.717) is 27.4 Å². The van der Waals surface area contributed by atoms with Crippen LogP contribution in [0, 0.1) is 11.3 Å². The third-order valence-corrected chi connectivity index (χ3v) is 6.21. The minimum Gasteiger partial charge on any atom is -0.480 e. The number of imidazole rings is 1. The van der Waals surface area contributed by atoms with Gasteiger partial charge in [0.15, 0.2) is 5.65 Å². The van der Waals surface area contributed by atoms with Crippen molar-refractivity contribution in [2.24, 2.45) is 0 Å². The number of thioether (sulfide) groups is 1. The van der Waals surface area contributed by atoms with Crippen LogP contribution in [-0.4, -0.2) is 38.8 Å². The van der Waals surface area contributed by atoms with Crippen LogP contribution in [0.4, 0.5) is 0 Å². The second-order valence-electron chi connectivity index (χ2n) is 7.23. The first-order valence-electron chi connectivity index (χ1n) is 10.0. The monoisotopic (exact) mass is 457 g/mol. The molecule has 0 saturated heterocycles. The Hall–Kier alpha value is -4.09. The number of benzene rings is 2. The summed E-state index contributed by atoms with van der Waals surface area (Å²) in [6.07, 6.45) is 3.62. The van der Waals surface area contributed by atoms with Crippen molar-refractivity contribution >= 4 is 52.5 Å². The largest absolute Gasteiger partial charge is 0.480 e. The van der Waals surface area contributed by atoms with E-state index >= 15 is 0 Å². The topological polar surface area (TPSA) is 105 Å². The van der Waals surface area contributed by atoms with Gasteiger partial charge >= 0.3 is 11.9 Å². The number of pyridine rings is 1. The van der Waals surface area contributed by atoms with Crippen molar-refractivity contribution in [3.63, 3.8) is 0 Å². The lowest BCUT2D eigenvalue weighted by Crippen LogP contribution is -2.12. The SMILES string of the molecule is COC(=O)c1ccc(/C=C/c2cc(SC(C)C(=O)O)n3c(nc4ccccc43)c2C#N)cc1. The Balaban J connectivity index is 1.85. The van der Waals surface area contributed by atoms with E-state index < -0.39 is 17.2 Å². The molecule has 1 unspecified atom stereocenters. The van der Waals surface area contributed by atoms with Gasteiger partial charge in [-0.15, -0.1) is 0 Å². The van der Waals surface area contributed by atoms with Gasteiger partial charge in [-0.25, -0.2) is 9.78 Å². The number of carbonyl (C=O) groups excluding carboxylic acids is 1. The molecule has 2 heterocycles. The standard InChI is InChI=1S/C25H19N3O4S/c1-15(24(29)30)33-22-13-18(12-9-16-7-10-17(11-8-16)25(31)32-2)19(14-26)23-27-20-5-3-4-6-21(20)28(22)23/h3-13,15H,1-2H3,(H,29,30)/b12-9+. The van der Waals surface area contributed by atoms with Crippen LogP contribution < -0.4 is 0 Å². The zero-order valence-corrected chi connectivity index (χ0v) is 18.7. The van der Waals surface area contributed by atoms with Crippen LogP contribution in [0.5, 0.6) is 0 Å². The number of rotatable bonds is 6. The first-order valence-corrected chi connectivity index (χ1v) is 10.9. The normalized spacial score (nSPS) is 12.2. The average Bonchev–Trinajstić information content (AvgIpc) is 3.22. The van der Waals surface area contributed by atoms with Crippen LogP contribution >= 0.6 is 11.8 Å². The molecule has 0 aliphatic carbocycles. The molecule has 0 fully saturated rings. The fourth-order valence-corrected chi connectivity index (χ4v) is 4.36. The zero-order chi connectivity index (χ0) is 23.5. The quantitative estimate of drug-likeness (QED) is 0.325. The highest BCUT2D eigenvalue weighted by Gasteiger charge is 2.20. The van der Waals surface area contributed by atoms with E-state index in [9.17, 15) is 20.0 Å². The Kier molecular flexibility index (Phi) is 6.16. The van der Waals surface area contributed by atoms with E-state index in [-0.39, 0.29) is 0 Å². The van der Waals surface area contributed by atoms with Crippen molar-refractivity contribution in [2.75, 3.05) is 7.11 Å². The smallest absolute Gasteiger partial charge is 0.337 e. The second-order valence-corrected chi connectivity index (χ2v) is 8.59. The molecule has 7 nitrogen and oxygen atoms in total. The summed E-state index contributed by atoms with van der Waals surface area (Å²) in [4.78, 5) is 27.8. The Morgan fingerprint density at radius 3 is 2.58 bits per heavy atom. The summed E-state index contributed by atoms with van der Waals surface area (Å²) in [6, 6.07) is 18.4. The molecule has 1 atom stereocenters. The molecule has 0 aliphatic heterocycles. The first kappa shape index (κ1) is 22.1. The number of aromatic nitrogens is 2. The summed E-state index contributed by atoms with van der Waals surface area (Å²) in [7, 11) is 1.33. The van der Waals surface area contributed by atoms with Crippen LogP contribution in [0.1, 0.15) is 34.0 Å². The lowest BCUT2D eigenvalue weighted by atomic mass is 10.1. The predicted octanol–water partition coefficient (Wildman–Crippen LogP) is 4.88. The van der Waals surface area contributed by atoms with E-state index in [1.165, 1.54) is 18.9 Å². The summed E-state index contributed by atoms with van der Waals surface area (Å²) in [5.41, 5.74) is 4.28. The van der Waals surface area contributed by atoms with Gasteiger partial charge in [-0.05, 0) is 48.4 Å². The number of carboxylic acid groups (broad SMARTS) is 1. The number of esters is 1. The number of nitriles is 1. The van der Waals surface area contributed by atoms with Gasteiger partial charge in [0.1, 0.15) is 16.9 Å². The molecule has 2 aromatic heterocycles. The predicted molar refractivity (Wildman–Crippen MR) is 127 cm³/mol. The number of methoxy groups -OCH3 is 1. The number of carbonyl (C=O) groups is 2. The van der Waals surface area contributed by atoms with Crippen LogP contribution in [-0.2, 0) is 9.53 Å². The number of ether oxygens (including phenoxy) is 1. The maximum atomic E-state index is 11.6. The molecular formula is C25H19N3O4S. The van der Waals surface area contributed by atoms with Crippen LogP contribution in [0.15, 0.2) is 59.6 Å². The van der Waals surface area contributed by atoms with Crippen LogP contribution in [0.2, 0.25) is 0 Å². The maximum Gasteiger partial charge on any atom is 0.337 e. The molecule has 164 valence electrons. The van der Waals surface area contributed by atoms with Gasteiger partial charge in [0.2, 0.25) is 0 Å². The molecule has 0 aliphatic rings. The Morgan fingerprint density at radius 1 is 1.18 bits per heavy atom. The van der Waals surface area contributed by atoms with Crippen molar-refractivity contribution in [2.45, 2.75) is 17.2 Å². The summed E-state index contributed by atoms with van der Waals surface area (Å²) in [6.45, 7) is 1.62. The molecule has 0 radical (unpaired) electrons. The molecule has 0 amide bonds. The second kappa shape index (κ2) is 9.18. The number of nitrogens with zero attached hydrogens (tertiary/aromatic N) is 3. The average molecular weight is 458 g/mol. The molecule has 1 N–H and O–H groups in total.